The van der Waals surface area contributed by atoms with Crippen LogP contribution in [0.3, 0.4) is 0 Å². The van der Waals surface area contributed by atoms with Gasteiger partial charge in [-0.25, -0.2) is 0 Å². The summed E-state index contributed by atoms with van der Waals surface area (Å²) in [6, 6.07) is 27.8. The molecule has 3 aromatic carbocycles. The van der Waals surface area contributed by atoms with Crippen molar-refractivity contribution < 1.29 is 4.79 Å². The normalized spacial score (nSPS) is 18.2. The molecule has 0 spiro atoms. The second kappa shape index (κ2) is 12.9. The number of carbonyl (C=O) groups excluding carboxylic acids is 1. The third-order valence-electron chi connectivity index (χ3n) is 8.11. The Bertz CT molecular complexity index is 1180. The van der Waals surface area contributed by atoms with Gasteiger partial charge in [-0.3, -0.25) is 9.69 Å². The molecule has 0 radical (unpaired) electrons. The third kappa shape index (κ3) is 7.42. The molecule has 3 heteroatoms. The van der Waals surface area contributed by atoms with Gasteiger partial charge in [-0.1, -0.05) is 78.4 Å². The van der Waals surface area contributed by atoms with Gasteiger partial charge in [-0.05, 0) is 105 Å². The maximum Gasteiger partial charge on any atom is 0.251 e. The maximum atomic E-state index is 13.0. The summed E-state index contributed by atoms with van der Waals surface area (Å²) < 4.78 is 0. The fourth-order valence-electron chi connectivity index (χ4n) is 5.77. The lowest BCUT2D eigenvalue weighted by Gasteiger charge is -2.32. The minimum absolute atomic E-state index is 0.0739. The van der Waals surface area contributed by atoms with Crippen LogP contribution in [-0.4, -0.2) is 30.4 Å². The van der Waals surface area contributed by atoms with E-state index in [1.807, 2.05) is 6.07 Å². The first-order valence-corrected chi connectivity index (χ1v) is 14.1. The van der Waals surface area contributed by atoms with Gasteiger partial charge in [0.05, 0.1) is 0 Å². The van der Waals surface area contributed by atoms with Crippen LogP contribution in [0, 0.1) is 5.92 Å². The average Bonchev–Trinajstić information content (AvgIpc) is 2.93. The van der Waals surface area contributed by atoms with E-state index in [9.17, 15) is 4.79 Å². The highest BCUT2D eigenvalue weighted by molar-refractivity contribution is 5.94. The number of hydrogen-bond donors (Lipinski definition) is 1. The zero-order valence-electron chi connectivity index (χ0n) is 22.0. The fraction of sp³-hybridized carbons (Fsp3) is 0.382. The van der Waals surface area contributed by atoms with Crippen LogP contribution in [0.2, 0.25) is 0 Å². The molecule has 0 unspecified atom stereocenters. The monoisotopic (exact) mass is 492 g/mol. The van der Waals surface area contributed by atoms with E-state index in [1.54, 1.807) is 5.57 Å². The first-order valence-electron chi connectivity index (χ1n) is 14.1. The van der Waals surface area contributed by atoms with Gasteiger partial charge in [0.25, 0.3) is 5.91 Å². The van der Waals surface area contributed by atoms with Gasteiger partial charge in [0, 0.05) is 18.7 Å². The molecule has 3 aromatic rings. The van der Waals surface area contributed by atoms with Crippen molar-refractivity contribution >= 4 is 5.91 Å². The largest absolute Gasteiger partial charge is 0.352 e. The predicted molar refractivity (Wildman–Crippen MR) is 153 cm³/mol. The SMILES string of the molecule is O=C(NCC1CCN(Cc2ccccc2)CC1)c1ccc2c(c1)C/C=C(/CCc1ccccc1)CCC2. The summed E-state index contributed by atoms with van der Waals surface area (Å²) in [5.41, 5.74) is 7.88. The van der Waals surface area contributed by atoms with Crippen molar-refractivity contribution in [3.63, 3.8) is 0 Å². The predicted octanol–water partition coefficient (Wildman–Crippen LogP) is 6.77. The molecule has 192 valence electrons. The van der Waals surface area contributed by atoms with Crippen molar-refractivity contribution in [2.75, 3.05) is 19.6 Å². The highest BCUT2D eigenvalue weighted by Crippen LogP contribution is 2.24. The number of hydrogen-bond acceptors (Lipinski definition) is 2. The van der Waals surface area contributed by atoms with Crippen LogP contribution in [0.15, 0.2) is 90.5 Å². The standard InChI is InChI=1S/C34H40N2O/c37-34(35-25-29-20-22-36(23-21-29)26-30-10-5-2-6-11-30)33-19-18-31-13-7-12-28(16-17-32(31)24-33)15-14-27-8-3-1-4-9-27/h1-6,8-11,16,18-19,24,29H,7,12-15,17,20-23,25-26H2,(H,35,37)/b28-16+. The zero-order chi connectivity index (χ0) is 25.3. The number of nitrogens with zero attached hydrogens (tertiary/aromatic N) is 1. The molecule has 0 atom stereocenters. The summed E-state index contributed by atoms with van der Waals surface area (Å²) in [6.45, 7) is 4.01. The van der Waals surface area contributed by atoms with Crippen LogP contribution in [0.4, 0.5) is 0 Å². The molecule has 0 saturated carbocycles. The van der Waals surface area contributed by atoms with Gasteiger partial charge in [0.2, 0.25) is 0 Å². The van der Waals surface area contributed by atoms with Gasteiger partial charge in [0.15, 0.2) is 0 Å². The molecule has 3 nitrogen and oxygen atoms in total. The number of nitrogens with one attached hydrogen (secondary N) is 1. The van der Waals surface area contributed by atoms with E-state index in [2.05, 4.69) is 89.1 Å². The first kappa shape index (κ1) is 25.5. The van der Waals surface area contributed by atoms with E-state index >= 15 is 0 Å². The molecule has 1 amide bonds. The van der Waals surface area contributed by atoms with Crippen LogP contribution < -0.4 is 5.32 Å². The van der Waals surface area contributed by atoms with Crippen LogP contribution >= 0.6 is 0 Å². The summed E-state index contributed by atoms with van der Waals surface area (Å²) in [6.07, 6.45) is 11.3. The summed E-state index contributed by atoms with van der Waals surface area (Å²) in [7, 11) is 0. The lowest BCUT2D eigenvalue weighted by Crippen LogP contribution is -2.38. The maximum absolute atomic E-state index is 13.0. The van der Waals surface area contributed by atoms with E-state index < -0.39 is 0 Å². The molecule has 0 bridgehead atoms. The van der Waals surface area contributed by atoms with Gasteiger partial charge < -0.3 is 5.32 Å². The molecule has 1 fully saturated rings. The number of allylic oxidation sites excluding steroid dienone is 2. The Morgan fingerprint density at radius 1 is 0.811 bits per heavy atom. The number of likely N-dealkylation sites (tertiary alicyclic amines) is 1. The minimum atomic E-state index is 0.0739. The Balaban J connectivity index is 1.11. The number of carbonyl (C=O) groups is 1. The number of piperidine rings is 1. The zero-order valence-corrected chi connectivity index (χ0v) is 22.0. The van der Waals surface area contributed by atoms with E-state index in [0.29, 0.717) is 5.92 Å². The quantitative estimate of drug-likeness (QED) is 0.352. The number of amides is 1. The van der Waals surface area contributed by atoms with Crippen LogP contribution in [-0.2, 0) is 25.8 Å². The summed E-state index contributed by atoms with van der Waals surface area (Å²) in [5, 5.41) is 3.24. The van der Waals surface area contributed by atoms with Gasteiger partial charge in [-0.2, -0.15) is 0 Å². The summed E-state index contributed by atoms with van der Waals surface area (Å²) in [4.78, 5) is 15.6. The molecule has 1 N–H and O–H groups in total. The Labute approximate surface area is 222 Å². The number of rotatable bonds is 8. The highest BCUT2D eigenvalue weighted by Gasteiger charge is 2.20. The molecule has 5 rings (SSSR count). The van der Waals surface area contributed by atoms with Crippen molar-refractivity contribution in [3.8, 4) is 0 Å². The van der Waals surface area contributed by atoms with Crippen LogP contribution in [0.5, 0.6) is 0 Å². The van der Waals surface area contributed by atoms with E-state index in [4.69, 9.17) is 0 Å². The minimum Gasteiger partial charge on any atom is -0.352 e. The van der Waals surface area contributed by atoms with Crippen molar-refractivity contribution in [1.29, 1.82) is 0 Å². The molecule has 2 aliphatic rings. The highest BCUT2D eigenvalue weighted by atomic mass is 16.1. The summed E-state index contributed by atoms with van der Waals surface area (Å²) >= 11 is 0. The molecular formula is C34H40N2O. The van der Waals surface area contributed by atoms with Gasteiger partial charge in [-0.15, -0.1) is 0 Å². The Kier molecular flexibility index (Phi) is 8.86. The molecule has 1 heterocycles. The van der Waals surface area contributed by atoms with Crippen molar-refractivity contribution in [2.45, 2.75) is 57.9 Å². The second-order valence-electron chi connectivity index (χ2n) is 10.8. The lowest BCUT2D eigenvalue weighted by molar-refractivity contribution is 0.0935. The van der Waals surface area contributed by atoms with Gasteiger partial charge >= 0.3 is 0 Å². The fourth-order valence-corrected chi connectivity index (χ4v) is 5.77. The molecule has 1 aliphatic heterocycles. The Morgan fingerprint density at radius 2 is 1.54 bits per heavy atom. The Morgan fingerprint density at radius 3 is 2.30 bits per heavy atom. The van der Waals surface area contributed by atoms with Gasteiger partial charge in [0.1, 0.15) is 0 Å². The molecule has 1 aliphatic carbocycles. The van der Waals surface area contributed by atoms with E-state index in [-0.39, 0.29) is 5.91 Å². The summed E-state index contributed by atoms with van der Waals surface area (Å²) in [5.74, 6) is 0.639. The number of fused-ring (bicyclic) bond motifs is 1. The number of benzene rings is 3. The molecule has 1 saturated heterocycles. The Hall–Kier alpha value is -3.17. The smallest absolute Gasteiger partial charge is 0.251 e. The van der Waals surface area contributed by atoms with Crippen LogP contribution in [0.25, 0.3) is 0 Å². The lowest BCUT2D eigenvalue weighted by atomic mass is 9.90. The molecule has 0 aromatic heterocycles. The third-order valence-corrected chi connectivity index (χ3v) is 8.11. The molecular weight excluding hydrogens is 452 g/mol. The first-order chi connectivity index (χ1) is 18.2. The van der Waals surface area contributed by atoms with Crippen molar-refractivity contribution in [3.05, 3.63) is 118 Å². The average molecular weight is 493 g/mol. The van der Waals surface area contributed by atoms with Crippen molar-refractivity contribution in [2.24, 2.45) is 5.92 Å². The number of aryl methyl sites for hydroxylation is 2. The second-order valence-corrected chi connectivity index (χ2v) is 10.8. The topological polar surface area (TPSA) is 32.3 Å². The van der Waals surface area contributed by atoms with Crippen molar-refractivity contribution in [1.82, 2.24) is 10.2 Å². The molecule has 37 heavy (non-hydrogen) atoms. The van der Waals surface area contributed by atoms with E-state index in [1.165, 1.54) is 35.1 Å². The van der Waals surface area contributed by atoms with E-state index in [0.717, 1.165) is 70.3 Å². The van der Waals surface area contributed by atoms with Crippen LogP contribution in [0.1, 0.15) is 64.7 Å².